The molecule has 1 spiro atoms. The number of rotatable bonds is 2. The van der Waals surface area contributed by atoms with Crippen LogP contribution in [-0.2, 0) is 10.2 Å². The summed E-state index contributed by atoms with van der Waals surface area (Å²) in [5.74, 6) is 1.06. The van der Waals surface area contributed by atoms with Crippen molar-refractivity contribution in [2.45, 2.75) is 24.7 Å². The van der Waals surface area contributed by atoms with E-state index in [0.717, 1.165) is 40.0 Å². The number of nitrogens with zero attached hydrogens (tertiary/aromatic N) is 1. The molecule has 0 radical (unpaired) electrons. The standard InChI is InChI=1S/C19H17N3O2/c1-10-13-5-3-11(7-17(13)22-21-10)15-9-19(15)14-8-12(24-2)4-6-16(14)20-18(19)23/h3-8,15H,9H2,1-2H3,(H,20,23)(H,21,22)/t15-,19-/m1/s1. The molecule has 1 aliphatic carbocycles. The van der Waals surface area contributed by atoms with Gasteiger partial charge in [-0.1, -0.05) is 12.1 Å². The molecule has 0 saturated heterocycles. The van der Waals surface area contributed by atoms with Gasteiger partial charge in [-0.05, 0) is 48.7 Å². The fourth-order valence-electron chi connectivity index (χ4n) is 4.08. The van der Waals surface area contributed by atoms with Gasteiger partial charge in [0.05, 0.1) is 18.0 Å². The number of amides is 1. The van der Waals surface area contributed by atoms with Crippen LogP contribution in [0.2, 0.25) is 0 Å². The van der Waals surface area contributed by atoms with Crippen molar-refractivity contribution in [1.29, 1.82) is 0 Å². The average Bonchev–Trinajstić information content (AvgIpc) is 3.17. The van der Waals surface area contributed by atoms with Gasteiger partial charge in [-0.2, -0.15) is 5.10 Å². The highest BCUT2D eigenvalue weighted by Gasteiger charge is 2.65. The number of methoxy groups -OCH3 is 1. The number of aromatic nitrogens is 2. The van der Waals surface area contributed by atoms with Crippen LogP contribution in [0.25, 0.3) is 10.9 Å². The minimum Gasteiger partial charge on any atom is -0.497 e. The van der Waals surface area contributed by atoms with Crippen LogP contribution in [0.1, 0.15) is 29.2 Å². The maximum absolute atomic E-state index is 12.7. The van der Waals surface area contributed by atoms with Crippen LogP contribution in [0, 0.1) is 6.92 Å². The molecule has 5 heteroatoms. The third-order valence-electron chi connectivity index (χ3n) is 5.49. The fourth-order valence-corrected chi connectivity index (χ4v) is 4.08. The Morgan fingerprint density at radius 2 is 2.12 bits per heavy atom. The van der Waals surface area contributed by atoms with Crippen molar-refractivity contribution < 1.29 is 9.53 Å². The molecule has 2 atom stereocenters. The molecule has 1 aromatic heterocycles. The van der Waals surface area contributed by atoms with E-state index in [2.05, 4.69) is 33.7 Å². The molecule has 2 N–H and O–H groups in total. The minimum atomic E-state index is -0.455. The van der Waals surface area contributed by atoms with E-state index in [1.807, 2.05) is 25.1 Å². The highest BCUT2D eigenvalue weighted by atomic mass is 16.5. The smallest absolute Gasteiger partial charge is 0.235 e. The Morgan fingerprint density at radius 1 is 1.25 bits per heavy atom. The molecular weight excluding hydrogens is 302 g/mol. The number of hydrogen-bond donors (Lipinski definition) is 2. The maximum Gasteiger partial charge on any atom is 0.235 e. The molecule has 0 bridgehead atoms. The van der Waals surface area contributed by atoms with Crippen LogP contribution in [0.3, 0.4) is 0 Å². The lowest BCUT2D eigenvalue weighted by Crippen LogP contribution is -2.21. The number of carbonyl (C=O) groups is 1. The van der Waals surface area contributed by atoms with Crippen LogP contribution in [0.4, 0.5) is 5.69 Å². The Bertz CT molecular complexity index is 1010. The lowest BCUT2D eigenvalue weighted by atomic mass is 9.91. The van der Waals surface area contributed by atoms with Gasteiger partial charge in [0.1, 0.15) is 5.75 Å². The number of H-pyrrole nitrogens is 1. The van der Waals surface area contributed by atoms with Crippen molar-refractivity contribution in [3.8, 4) is 5.75 Å². The number of nitrogens with one attached hydrogen (secondary N) is 2. The third-order valence-corrected chi connectivity index (χ3v) is 5.49. The lowest BCUT2D eigenvalue weighted by molar-refractivity contribution is -0.118. The Morgan fingerprint density at radius 3 is 2.96 bits per heavy atom. The molecule has 2 aliphatic rings. The van der Waals surface area contributed by atoms with Crippen molar-refractivity contribution in [2.24, 2.45) is 0 Å². The second kappa shape index (κ2) is 4.38. The summed E-state index contributed by atoms with van der Waals surface area (Å²) in [5.41, 5.74) is 4.69. The Kier molecular flexibility index (Phi) is 2.48. The zero-order valence-corrected chi connectivity index (χ0v) is 13.5. The molecule has 120 valence electrons. The first-order chi connectivity index (χ1) is 11.6. The second-order valence-corrected chi connectivity index (χ2v) is 6.72. The summed E-state index contributed by atoms with van der Waals surface area (Å²) in [4.78, 5) is 12.7. The number of aryl methyl sites for hydroxylation is 1. The van der Waals surface area contributed by atoms with Gasteiger partial charge in [-0.3, -0.25) is 9.89 Å². The van der Waals surface area contributed by atoms with Crippen molar-refractivity contribution in [1.82, 2.24) is 10.2 Å². The maximum atomic E-state index is 12.7. The van der Waals surface area contributed by atoms with E-state index in [0.29, 0.717) is 0 Å². The predicted octanol–water partition coefficient (Wildman–Crippen LogP) is 3.26. The molecular formula is C19H17N3O2. The normalized spacial score (nSPS) is 24.2. The average molecular weight is 319 g/mol. The van der Waals surface area contributed by atoms with E-state index in [-0.39, 0.29) is 11.8 Å². The van der Waals surface area contributed by atoms with Gasteiger partial charge in [0.15, 0.2) is 0 Å². The molecule has 5 nitrogen and oxygen atoms in total. The number of fused-ring (bicyclic) bond motifs is 3. The summed E-state index contributed by atoms with van der Waals surface area (Å²) >= 11 is 0. The van der Waals surface area contributed by atoms with Gasteiger partial charge in [-0.15, -0.1) is 0 Å². The van der Waals surface area contributed by atoms with Gasteiger partial charge in [0.25, 0.3) is 0 Å². The summed E-state index contributed by atoms with van der Waals surface area (Å²) in [6.07, 6.45) is 0.827. The first kappa shape index (κ1) is 13.6. The van der Waals surface area contributed by atoms with Gasteiger partial charge in [0, 0.05) is 22.7 Å². The van der Waals surface area contributed by atoms with Crippen molar-refractivity contribution in [2.75, 3.05) is 12.4 Å². The molecule has 2 heterocycles. The largest absolute Gasteiger partial charge is 0.497 e. The van der Waals surface area contributed by atoms with E-state index < -0.39 is 5.41 Å². The van der Waals surface area contributed by atoms with E-state index in [1.54, 1.807) is 7.11 Å². The number of carbonyl (C=O) groups excluding carboxylic acids is 1. The van der Waals surface area contributed by atoms with Gasteiger partial charge >= 0.3 is 0 Å². The van der Waals surface area contributed by atoms with Crippen molar-refractivity contribution >= 4 is 22.5 Å². The van der Waals surface area contributed by atoms with Crippen molar-refractivity contribution in [3.05, 3.63) is 53.2 Å². The van der Waals surface area contributed by atoms with Gasteiger partial charge in [-0.25, -0.2) is 0 Å². The monoisotopic (exact) mass is 319 g/mol. The zero-order valence-electron chi connectivity index (χ0n) is 13.5. The third kappa shape index (κ3) is 1.59. The highest BCUT2D eigenvalue weighted by Crippen LogP contribution is 2.65. The zero-order chi connectivity index (χ0) is 16.5. The van der Waals surface area contributed by atoms with Crippen LogP contribution in [0.15, 0.2) is 36.4 Å². The van der Waals surface area contributed by atoms with Gasteiger partial charge < -0.3 is 10.1 Å². The predicted molar refractivity (Wildman–Crippen MR) is 91.5 cm³/mol. The Labute approximate surface area is 139 Å². The van der Waals surface area contributed by atoms with E-state index in [1.165, 1.54) is 5.56 Å². The number of hydrogen-bond acceptors (Lipinski definition) is 3. The summed E-state index contributed by atoms with van der Waals surface area (Å²) in [6, 6.07) is 12.1. The molecule has 24 heavy (non-hydrogen) atoms. The van der Waals surface area contributed by atoms with Crippen LogP contribution >= 0.6 is 0 Å². The molecule has 1 fully saturated rings. The fraction of sp³-hybridized carbons (Fsp3) is 0.263. The highest BCUT2D eigenvalue weighted by molar-refractivity contribution is 6.10. The molecule has 1 saturated carbocycles. The van der Waals surface area contributed by atoms with Gasteiger partial charge in [0.2, 0.25) is 5.91 Å². The molecule has 0 unspecified atom stereocenters. The van der Waals surface area contributed by atoms with Crippen molar-refractivity contribution in [3.63, 3.8) is 0 Å². The second-order valence-electron chi connectivity index (χ2n) is 6.72. The van der Waals surface area contributed by atoms with E-state index in [4.69, 9.17) is 4.74 Å². The van der Waals surface area contributed by atoms with Crippen LogP contribution < -0.4 is 10.1 Å². The SMILES string of the molecule is COc1ccc2c(c1)[C@@]1(C[C@@H]1c1ccc3c(C)[nH]nc3c1)C(=O)N2. The summed E-state index contributed by atoms with van der Waals surface area (Å²) in [5, 5.41) is 11.5. The van der Waals surface area contributed by atoms with Crippen LogP contribution in [0.5, 0.6) is 5.75 Å². The van der Waals surface area contributed by atoms with E-state index in [9.17, 15) is 4.79 Å². The molecule has 5 rings (SSSR count). The molecule has 2 aromatic carbocycles. The Balaban J connectivity index is 1.60. The number of anilines is 1. The molecule has 3 aromatic rings. The number of ether oxygens (including phenoxy) is 1. The number of benzene rings is 2. The summed E-state index contributed by atoms with van der Waals surface area (Å²) in [7, 11) is 1.65. The first-order valence-corrected chi connectivity index (χ1v) is 8.08. The summed E-state index contributed by atoms with van der Waals surface area (Å²) < 4.78 is 5.34. The number of aromatic amines is 1. The summed E-state index contributed by atoms with van der Waals surface area (Å²) in [6.45, 7) is 2.01. The van der Waals surface area contributed by atoms with Crippen LogP contribution in [-0.4, -0.2) is 23.2 Å². The van der Waals surface area contributed by atoms with E-state index >= 15 is 0 Å². The topological polar surface area (TPSA) is 67.0 Å². The minimum absolute atomic E-state index is 0.0917. The quantitative estimate of drug-likeness (QED) is 0.762. The molecule has 1 amide bonds. The molecule has 1 aliphatic heterocycles. The first-order valence-electron chi connectivity index (χ1n) is 8.08. The Hall–Kier alpha value is -2.82. The lowest BCUT2D eigenvalue weighted by Gasteiger charge is -2.10.